The van der Waals surface area contributed by atoms with Crippen molar-refractivity contribution in [2.24, 2.45) is 0 Å². The third kappa shape index (κ3) is 16.7. The molecule has 0 aromatic rings. The van der Waals surface area contributed by atoms with E-state index in [0.29, 0.717) is 0 Å². The van der Waals surface area contributed by atoms with E-state index in [2.05, 4.69) is 25.2 Å². The molecule has 0 N–H and O–H groups in total. The molecule has 0 bridgehead atoms. The number of allylic oxidation sites excluding steroid dienone is 3. The summed E-state index contributed by atoms with van der Waals surface area (Å²) in [6, 6.07) is 0. The maximum Gasteiger partial charge on any atom is 0.0405 e. The summed E-state index contributed by atoms with van der Waals surface area (Å²) in [4.78, 5) is 0. The fourth-order valence-electron chi connectivity index (χ4n) is 4.45. The minimum atomic E-state index is 1.23. The van der Waals surface area contributed by atoms with Gasteiger partial charge < -0.3 is 0 Å². The highest BCUT2D eigenvalue weighted by atomic mass is 14.9. The molecule has 1 aliphatic rings. The van der Waals surface area contributed by atoms with E-state index in [0.717, 1.165) is 0 Å². The lowest BCUT2D eigenvalue weighted by atomic mass is 10.0. The van der Waals surface area contributed by atoms with Gasteiger partial charge in [-0.05, 0) is 31.4 Å². The van der Waals surface area contributed by atoms with Gasteiger partial charge in [-0.25, -0.2) is 0 Å². The molecule has 1 rings (SSSR count). The van der Waals surface area contributed by atoms with Gasteiger partial charge in [-0.3, -0.25) is 5.32 Å². The minimum absolute atomic E-state index is 1.23. The average Bonchev–Trinajstić information content (AvgIpc) is 3.14. The lowest BCUT2D eigenvalue weighted by Crippen LogP contribution is -1.89. The molecule has 1 heteroatoms. The van der Waals surface area contributed by atoms with Gasteiger partial charge in [-0.1, -0.05) is 135 Å². The molecule has 0 amide bonds. The molecule has 1 aliphatic heterocycles. The third-order valence-corrected chi connectivity index (χ3v) is 6.56. The van der Waals surface area contributed by atoms with Gasteiger partial charge in [-0.2, -0.15) is 0 Å². The molecule has 1 nitrogen and oxygen atoms in total. The first kappa shape index (κ1) is 26.3. The Bertz CT molecular complexity index is 407. The molecule has 0 unspecified atom stereocenters. The Morgan fingerprint density at radius 3 is 1.17 bits per heavy atom. The molecule has 0 spiro atoms. The summed E-state index contributed by atoms with van der Waals surface area (Å²) in [5.41, 5.74) is 2.70. The van der Waals surface area contributed by atoms with E-state index >= 15 is 0 Å². The van der Waals surface area contributed by atoms with E-state index < -0.39 is 0 Å². The molecule has 0 aromatic carbocycles. The predicted molar refractivity (Wildman–Crippen MR) is 131 cm³/mol. The van der Waals surface area contributed by atoms with E-state index in [9.17, 15) is 0 Å². The average molecular weight is 403 g/mol. The molecule has 29 heavy (non-hydrogen) atoms. The Morgan fingerprint density at radius 1 is 0.517 bits per heavy atom. The van der Waals surface area contributed by atoms with Crippen LogP contribution >= 0.6 is 0 Å². The first-order valence-electron chi connectivity index (χ1n) is 13.4. The summed E-state index contributed by atoms with van der Waals surface area (Å²) in [5, 5.41) is 4.32. The van der Waals surface area contributed by atoms with Crippen molar-refractivity contribution in [1.82, 2.24) is 5.32 Å². The Morgan fingerprint density at radius 2 is 0.862 bits per heavy atom. The molecule has 0 aromatic heterocycles. The molecule has 0 fully saturated rings. The number of nitrogens with zero attached hydrogens (tertiary/aromatic N) is 1. The van der Waals surface area contributed by atoms with Crippen molar-refractivity contribution in [2.75, 3.05) is 0 Å². The van der Waals surface area contributed by atoms with E-state index in [1.54, 1.807) is 0 Å². The molecule has 0 saturated heterocycles. The molecule has 1 radical (unpaired) electrons. The Balaban J connectivity index is 1.66. The lowest BCUT2D eigenvalue weighted by Gasteiger charge is -2.04. The van der Waals surface area contributed by atoms with Crippen LogP contribution in [-0.2, 0) is 0 Å². The summed E-state index contributed by atoms with van der Waals surface area (Å²) in [6.07, 6.45) is 35.9. The van der Waals surface area contributed by atoms with Crippen molar-refractivity contribution < 1.29 is 0 Å². The number of unbranched alkanes of at least 4 members (excludes halogenated alkanes) is 20. The van der Waals surface area contributed by atoms with Gasteiger partial charge in [0.25, 0.3) is 0 Å². The minimum Gasteiger partial charge on any atom is -0.261 e. The van der Waals surface area contributed by atoms with Crippen molar-refractivity contribution in [2.45, 2.75) is 155 Å². The first-order valence-corrected chi connectivity index (χ1v) is 13.4. The largest absolute Gasteiger partial charge is 0.261 e. The summed E-state index contributed by atoms with van der Waals surface area (Å²) >= 11 is 0. The van der Waals surface area contributed by atoms with Crippen molar-refractivity contribution in [1.29, 1.82) is 0 Å². The van der Waals surface area contributed by atoms with Crippen LogP contribution in [0.5, 0.6) is 0 Å². The summed E-state index contributed by atoms with van der Waals surface area (Å²) in [5.74, 6) is 0. The van der Waals surface area contributed by atoms with Crippen LogP contribution in [0.15, 0.2) is 23.5 Å². The van der Waals surface area contributed by atoms with Crippen molar-refractivity contribution >= 4 is 0 Å². The number of hydrogen-bond donors (Lipinski definition) is 0. The van der Waals surface area contributed by atoms with Crippen LogP contribution in [0.3, 0.4) is 0 Å². The molecular formula is C28H52N. The smallest absolute Gasteiger partial charge is 0.0405 e. The highest BCUT2D eigenvalue weighted by Crippen LogP contribution is 2.19. The van der Waals surface area contributed by atoms with Crippen LogP contribution in [0.25, 0.3) is 0 Å². The molecule has 169 valence electrons. The number of rotatable bonds is 22. The van der Waals surface area contributed by atoms with Crippen LogP contribution in [0.4, 0.5) is 0 Å². The van der Waals surface area contributed by atoms with Gasteiger partial charge in [0.1, 0.15) is 0 Å². The SMILES string of the molecule is CCCCCCCCCCCCCCCCCCCCCCCC1=C(C)[N]C=C1. The Hall–Kier alpha value is -0.720. The van der Waals surface area contributed by atoms with Gasteiger partial charge in [0.15, 0.2) is 0 Å². The lowest BCUT2D eigenvalue weighted by molar-refractivity contribution is 0.520. The molecule has 0 aliphatic carbocycles. The topological polar surface area (TPSA) is 14.1 Å². The molecular weight excluding hydrogens is 350 g/mol. The maximum atomic E-state index is 4.32. The zero-order valence-electron chi connectivity index (χ0n) is 20.2. The van der Waals surface area contributed by atoms with Gasteiger partial charge in [0.2, 0.25) is 0 Å². The van der Waals surface area contributed by atoms with E-state index in [4.69, 9.17) is 0 Å². The van der Waals surface area contributed by atoms with E-state index in [-0.39, 0.29) is 0 Å². The van der Waals surface area contributed by atoms with Gasteiger partial charge in [-0.15, -0.1) is 0 Å². The first-order chi connectivity index (χ1) is 14.3. The van der Waals surface area contributed by atoms with Crippen LogP contribution in [0, 0.1) is 0 Å². The summed E-state index contributed by atoms with van der Waals surface area (Å²) in [6.45, 7) is 4.43. The standard InChI is InChI=1S/C28H52N/c1-3-4-5-6-7-8-9-10-11-12-13-14-15-16-17-18-19-20-21-22-23-24-28-25-26-29-27(28)2/h25-26H,3-24H2,1-2H3. The third-order valence-electron chi connectivity index (χ3n) is 6.56. The molecule has 0 saturated carbocycles. The zero-order valence-corrected chi connectivity index (χ0v) is 20.2. The van der Waals surface area contributed by atoms with Gasteiger partial charge in [0.05, 0.1) is 0 Å². The highest BCUT2D eigenvalue weighted by molar-refractivity contribution is 5.29. The summed E-state index contributed by atoms with van der Waals surface area (Å²) < 4.78 is 0. The van der Waals surface area contributed by atoms with Crippen LogP contribution in [0.2, 0.25) is 0 Å². The highest BCUT2D eigenvalue weighted by Gasteiger charge is 2.04. The monoisotopic (exact) mass is 402 g/mol. The fraction of sp³-hybridized carbons (Fsp3) is 0.857. The Kier molecular flexibility index (Phi) is 18.6. The normalized spacial score (nSPS) is 13.4. The number of hydrogen-bond acceptors (Lipinski definition) is 0. The van der Waals surface area contributed by atoms with Crippen molar-refractivity contribution in [3.05, 3.63) is 23.5 Å². The maximum absolute atomic E-state index is 4.32. The molecule has 1 heterocycles. The van der Waals surface area contributed by atoms with Gasteiger partial charge in [0, 0.05) is 11.9 Å². The van der Waals surface area contributed by atoms with Crippen LogP contribution < -0.4 is 5.32 Å². The second-order valence-electron chi connectivity index (χ2n) is 9.38. The van der Waals surface area contributed by atoms with Gasteiger partial charge >= 0.3 is 0 Å². The predicted octanol–water partition coefficient (Wildman–Crippen LogP) is 9.99. The van der Waals surface area contributed by atoms with Crippen molar-refractivity contribution in [3.63, 3.8) is 0 Å². The van der Waals surface area contributed by atoms with E-state index in [1.807, 2.05) is 6.20 Å². The van der Waals surface area contributed by atoms with E-state index in [1.165, 1.54) is 153 Å². The Labute approximate surface area is 184 Å². The quantitative estimate of drug-likeness (QED) is 0.160. The van der Waals surface area contributed by atoms with Crippen LogP contribution in [-0.4, -0.2) is 0 Å². The fourth-order valence-corrected chi connectivity index (χ4v) is 4.45. The zero-order chi connectivity index (χ0) is 20.8. The summed E-state index contributed by atoms with van der Waals surface area (Å²) in [7, 11) is 0. The molecule has 0 atom stereocenters. The second kappa shape index (κ2) is 20.5. The second-order valence-corrected chi connectivity index (χ2v) is 9.38. The van der Waals surface area contributed by atoms with Crippen molar-refractivity contribution in [3.8, 4) is 0 Å². The van der Waals surface area contributed by atoms with Crippen LogP contribution in [0.1, 0.15) is 155 Å².